The van der Waals surface area contributed by atoms with Crippen molar-refractivity contribution < 1.29 is 0 Å². The Morgan fingerprint density at radius 3 is 2.86 bits per heavy atom. The monoisotopic (exact) mass is 184 g/mol. The summed E-state index contributed by atoms with van der Waals surface area (Å²) in [5.41, 5.74) is 1.18. The van der Waals surface area contributed by atoms with Gasteiger partial charge in [-0.05, 0) is 12.1 Å². The normalized spacial score (nSPS) is 9.71. The van der Waals surface area contributed by atoms with Gasteiger partial charge in [0.1, 0.15) is 11.8 Å². The molecule has 0 bridgehead atoms. The molecule has 2 rings (SSSR count). The van der Waals surface area contributed by atoms with E-state index in [0.29, 0.717) is 11.5 Å². The smallest absolute Gasteiger partial charge is 0.159 e. The van der Waals surface area contributed by atoms with Crippen molar-refractivity contribution in [2.24, 2.45) is 7.05 Å². The van der Waals surface area contributed by atoms with Gasteiger partial charge in [0, 0.05) is 19.4 Å². The van der Waals surface area contributed by atoms with Gasteiger partial charge in [0.15, 0.2) is 11.5 Å². The summed E-state index contributed by atoms with van der Waals surface area (Å²) in [5.74, 6) is 0.710. The number of aryl methyl sites for hydroxylation is 1. The summed E-state index contributed by atoms with van der Waals surface area (Å²) in [4.78, 5) is 8.30. The first-order valence-electron chi connectivity index (χ1n) is 4.16. The molecule has 0 unspecified atom stereocenters. The fraction of sp³-hybridized carbons (Fsp3) is 0.100. The molecule has 0 aromatic carbocycles. The van der Waals surface area contributed by atoms with E-state index in [0.717, 1.165) is 5.69 Å². The van der Waals surface area contributed by atoms with Crippen LogP contribution in [-0.2, 0) is 7.05 Å². The molecule has 0 aliphatic rings. The molecule has 68 valence electrons. The van der Waals surface area contributed by atoms with Crippen molar-refractivity contribution in [3.8, 4) is 17.6 Å². The lowest BCUT2D eigenvalue weighted by Crippen LogP contribution is -1.92. The van der Waals surface area contributed by atoms with Gasteiger partial charge in [0.25, 0.3) is 0 Å². The molecule has 2 aromatic rings. The number of hydrogen-bond donors (Lipinski definition) is 0. The fourth-order valence-corrected chi connectivity index (χ4v) is 1.25. The molecule has 0 radical (unpaired) electrons. The van der Waals surface area contributed by atoms with Crippen molar-refractivity contribution in [3.05, 3.63) is 36.3 Å². The summed E-state index contributed by atoms with van der Waals surface area (Å²) in [5, 5.41) is 8.68. The Morgan fingerprint density at radius 1 is 1.43 bits per heavy atom. The number of nitriles is 1. The Labute approximate surface area is 81.5 Å². The number of imidazole rings is 1. The number of rotatable bonds is 1. The SMILES string of the molecule is Cn1cc(C#N)nc1-c1ccccn1. The molecule has 0 saturated carbocycles. The lowest BCUT2D eigenvalue weighted by atomic mass is 10.3. The van der Waals surface area contributed by atoms with E-state index in [4.69, 9.17) is 5.26 Å². The fourth-order valence-electron chi connectivity index (χ4n) is 1.25. The maximum atomic E-state index is 8.68. The maximum absolute atomic E-state index is 8.68. The summed E-state index contributed by atoms with van der Waals surface area (Å²) in [7, 11) is 1.85. The summed E-state index contributed by atoms with van der Waals surface area (Å²) in [6.07, 6.45) is 3.39. The molecule has 0 aliphatic heterocycles. The predicted molar refractivity (Wildman–Crippen MR) is 51.2 cm³/mol. The van der Waals surface area contributed by atoms with E-state index < -0.39 is 0 Å². The van der Waals surface area contributed by atoms with E-state index in [2.05, 4.69) is 9.97 Å². The van der Waals surface area contributed by atoms with Crippen LogP contribution in [0.3, 0.4) is 0 Å². The Hall–Kier alpha value is -2.15. The predicted octanol–water partition coefficient (Wildman–Crippen LogP) is 1.35. The average Bonchev–Trinajstić information content (AvgIpc) is 2.61. The summed E-state index contributed by atoms with van der Waals surface area (Å²) in [6, 6.07) is 7.60. The minimum atomic E-state index is 0.410. The van der Waals surface area contributed by atoms with Gasteiger partial charge in [-0.1, -0.05) is 6.07 Å². The second-order valence-corrected chi connectivity index (χ2v) is 2.89. The number of aromatic nitrogens is 3. The Bertz CT molecular complexity index is 479. The van der Waals surface area contributed by atoms with Gasteiger partial charge >= 0.3 is 0 Å². The molecule has 0 amide bonds. The highest BCUT2D eigenvalue weighted by atomic mass is 15.1. The third kappa shape index (κ3) is 1.36. The minimum Gasteiger partial charge on any atom is -0.331 e. The highest BCUT2D eigenvalue weighted by Crippen LogP contribution is 2.13. The van der Waals surface area contributed by atoms with Gasteiger partial charge in [-0.2, -0.15) is 5.26 Å². The van der Waals surface area contributed by atoms with Crippen molar-refractivity contribution in [2.45, 2.75) is 0 Å². The summed E-state index contributed by atoms with van der Waals surface area (Å²) < 4.78 is 1.79. The molecule has 2 aromatic heterocycles. The molecule has 0 saturated heterocycles. The van der Waals surface area contributed by atoms with Crippen LogP contribution in [0, 0.1) is 11.3 Å². The first kappa shape index (κ1) is 8.45. The standard InChI is InChI=1S/C10H8N4/c1-14-7-8(6-11)13-10(14)9-4-2-3-5-12-9/h2-5,7H,1H3. The van der Waals surface area contributed by atoms with Gasteiger partial charge in [0.2, 0.25) is 0 Å². The van der Waals surface area contributed by atoms with E-state index >= 15 is 0 Å². The Balaban J connectivity index is 2.53. The van der Waals surface area contributed by atoms with E-state index in [9.17, 15) is 0 Å². The Morgan fingerprint density at radius 2 is 2.29 bits per heavy atom. The van der Waals surface area contributed by atoms with Crippen LogP contribution < -0.4 is 0 Å². The van der Waals surface area contributed by atoms with Gasteiger partial charge < -0.3 is 4.57 Å². The van der Waals surface area contributed by atoms with Crippen LogP contribution in [0.25, 0.3) is 11.5 Å². The second kappa shape index (κ2) is 3.30. The average molecular weight is 184 g/mol. The zero-order valence-corrected chi connectivity index (χ0v) is 7.68. The topological polar surface area (TPSA) is 54.5 Å². The number of nitrogens with zero attached hydrogens (tertiary/aromatic N) is 4. The van der Waals surface area contributed by atoms with E-state index in [1.165, 1.54) is 0 Å². The third-order valence-corrected chi connectivity index (χ3v) is 1.88. The van der Waals surface area contributed by atoms with Crippen LogP contribution in [-0.4, -0.2) is 14.5 Å². The van der Waals surface area contributed by atoms with Crippen LogP contribution in [0.5, 0.6) is 0 Å². The zero-order valence-electron chi connectivity index (χ0n) is 7.68. The molecule has 0 fully saturated rings. The van der Waals surface area contributed by atoms with Gasteiger partial charge in [-0.3, -0.25) is 4.98 Å². The lowest BCUT2D eigenvalue weighted by Gasteiger charge is -1.98. The van der Waals surface area contributed by atoms with Crippen LogP contribution in [0.1, 0.15) is 5.69 Å². The first-order valence-corrected chi connectivity index (χ1v) is 4.16. The van der Waals surface area contributed by atoms with Crippen LogP contribution in [0.15, 0.2) is 30.6 Å². The molecule has 2 heterocycles. The quantitative estimate of drug-likeness (QED) is 0.672. The van der Waals surface area contributed by atoms with Crippen molar-refractivity contribution >= 4 is 0 Å². The highest BCUT2D eigenvalue weighted by molar-refractivity contribution is 5.50. The molecular formula is C10H8N4. The second-order valence-electron chi connectivity index (χ2n) is 2.89. The summed E-state index contributed by atoms with van der Waals surface area (Å²) in [6.45, 7) is 0. The van der Waals surface area contributed by atoms with Gasteiger partial charge in [-0.25, -0.2) is 4.98 Å². The largest absolute Gasteiger partial charge is 0.331 e. The molecule has 0 aliphatic carbocycles. The van der Waals surface area contributed by atoms with E-state index in [-0.39, 0.29) is 0 Å². The molecule has 0 N–H and O–H groups in total. The van der Waals surface area contributed by atoms with Crippen LogP contribution >= 0.6 is 0 Å². The van der Waals surface area contributed by atoms with Gasteiger partial charge in [-0.15, -0.1) is 0 Å². The van der Waals surface area contributed by atoms with Crippen LogP contribution in [0.4, 0.5) is 0 Å². The van der Waals surface area contributed by atoms with Gasteiger partial charge in [0.05, 0.1) is 0 Å². The number of pyridine rings is 1. The zero-order chi connectivity index (χ0) is 9.97. The summed E-state index contributed by atoms with van der Waals surface area (Å²) >= 11 is 0. The van der Waals surface area contributed by atoms with E-state index in [1.54, 1.807) is 17.0 Å². The maximum Gasteiger partial charge on any atom is 0.159 e. The molecule has 0 spiro atoms. The van der Waals surface area contributed by atoms with Crippen molar-refractivity contribution in [1.82, 2.24) is 14.5 Å². The molecule has 14 heavy (non-hydrogen) atoms. The highest BCUT2D eigenvalue weighted by Gasteiger charge is 2.07. The first-order chi connectivity index (χ1) is 6.81. The Kier molecular flexibility index (Phi) is 1.99. The van der Waals surface area contributed by atoms with Crippen molar-refractivity contribution in [2.75, 3.05) is 0 Å². The number of hydrogen-bond acceptors (Lipinski definition) is 3. The van der Waals surface area contributed by atoms with E-state index in [1.807, 2.05) is 31.3 Å². The van der Waals surface area contributed by atoms with Crippen molar-refractivity contribution in [1.29, 1.82) is 5.26 Å². The van der Waals surface area contributed by atoms with Crippen molar-refractivity contribution in [3.63, 3.8) is 0 Å². The third-order valence-electron chi connectivity index (χ3n) is 1.88. The molecule has 0 atom stereocenters. The molecule has 4 nitrogen and oxygen atoms in total. The minimum absolute atomic E-state index is 0.410. The lowest BCUT2D eigenvalue weighted by molar-refractivity contribution is 0.917. The molecule has 4 heteroatoms. The molecular weight excluding hydrogens is 176 g/mol. The van der Waals surface area contributed by atoms with Crippen LogP contribution in [0.2, 0.25) is 0 Å².